The average Bonchev–Trinajstić information content (AvgIpc) is 2.45. The van der Waals surface area contributed by atoms with E-state index < -0.39 is 5.51 Å². The molecule has 1 N–H and O–H groups in total. The van der Waals surface area contributed by atoms with Gasteiger partial charge in [-0.25, -0.2) is 0 Å². The van der Waals surface area contributed by atoms with E-state index in [2.05, 4.69) is 0 Å². The second-order valence-electron chi connectivity index (χ2n) is 5.01. The summed E-state index contributed by atoms with van der Waals surface area (Å²) in [5.41, 5.74) is -3.64. The molecule has 0 aromatic heterocycles. The molecule has 0 bridgehead atoms. The molecule has 1 aliphatic rings. The van der Waals surface area contributed by atoms with Gasteiger partial charge >= 0.3 is 5.51 Å². The minimum Gasteiger partial charge on any atom is -0.393 e. The molecule has 22 heavy (non-hydrogen) atoms. The fourth-order valence-corrected chi connectivity index (χ4v) is 2.68. The number of aliphatic hydroxyl groups excluding tert-OH is 1. The third-order valence-corrected chi connectivity index (χ3v) is 4.05. The number of hydrogen-bond donors (Lipinski definition) is 1. The van der Waals surface area contributed by atoms with Crippen molar-refractivity contribution in [3.8, 4) is 0 Å². The van der Waals surface area contributed by atoms with Gasteiger partial charge in [0.2, 0.25) is 5.91 Å². The van der Waals surface area contributed by atoms with Gasteiger partial charge in [0.05, 0.1) is 6.10 Å². The van der Waals surface area contributed by atoms with Crippen molar-refractivity contribution in [2.75, 3.05) is 13.1 Å². The van der Waals surface area contributed by atoms with Crippen molar-refractivity contribution in [3.05, 3.63) is 35.9 Å². The molecule has 1 aromatic carbocycles. The molecule has 0 aliphatic carbocycles. The van der Waals surface area contributed by atoms with Gasteiger partial charge in [-0.05, 0) is 48.4 Å². The Morgan fingerprint density at radius 3 is 2.36 bits per heavy atom. The standard InChI is InChI=1S/C15H16F3NO2S/c16-15(17,18)22-13-4-1-11(2-5-13)3-6-14(21)19-9-7-12(20)8-10-19/h1-6,12,20H,7-10H2/b6-3+. The van der Waals surface area contributed by atoms with Gasteiger partial charge in [0.15, 0.2) is 0 Å². The number of halogens is 3. The predicted molar refractivity (Wildman–Crippen MR) is 79.2 cm³/mol. The van der Waals surface area contributed by atoms with Crippen LogP contribution in [0.5, 0.6) is 0 Å². The zero-order valence-electron chi connectivity index (χ0n) is 11.7. The van der Waals surface area contributed by atoms with E-state index in [9.17, 15) is 23.1 Å². The normalized spacial score (nSPS) is 17.2. The molecular weight excluding hydrogens is 315 g/mol. The highest BCUT2D eigenvalue weighted by Crippen LogP contribution is 2.36. The smallest absolute Gasteiger partial charge is 0.393 e. The van der Waals surface area contributed by atoms with Crippen molar-refractivity contribution in [1.29, 1.82) is 0 Å². The van der Waals surface area contributed by atoms with Crippen LogP contribution in [0.2, 0.25) is 0 Å². The van der Waals surface area contributed by atoms with Crippen LogP contribution in [0.3, 0.4) is 0 Å². The maximum absolute atomic E-state index is 12.2. The van der Waals surface area contributed by atoms with Crippen LogP contribution in [-0.2, 0) is 4.79 Å². The Bertz CT molecular complexity index is 535. The van der Waals surface area contributed by atoms with E-state index in [-0.39, 0.29) is 28.7 Å². The summed E-state index contributed by atoms with van der Waals surface area (Å²) in [5.74, 6) is -0.152. The van der Waals surface area contributed by atoms with E-state index in [0.29, 0.717) is 31.5 Å². The molecule has 0 radical (unpaired) electrons. The molecule has 7 heteroatoms. The lowest BCUT2D eigenvalue weighted by Gasteiger charge is -2.28. The number of hydrogen-bond acceptors (Lipinski definition) is 3. The summed E-state index contributed by atoms with van der Waals surface area (Å²) in [7, 11) is 0. The Morgan fingerprint density at radius 1 is 1.23 bits per heavy atom. The molecule has 120 valence electrons. The van der Waals surface area contributed by atoms with Crippen LogP contribution in [0.25, 0.3) is 6.08 Å². The number of amides is 1. The van der Waals surface area contributed by atoms with Gasteiger partial charge in [0.25, 0.3) is 0 Å². The van der Waals surface area contributed by atoms with Crippen LogP contribution in [0.15, 0.2) is 35.2 Å². The molecular formula is C15H16F3NO2S. The Hall–Kier alpha value is -1.47. The first-order valence-corrected chi connectivity index (χ1v) is 7.66. The molecule has 0 unspecified atom stereocenters. The number of alkyl halides is 3. The van der Waals surface area contributed by atoms with E-state index in [1.165, 1.54) is 30.3 Å². The Morgan fingerprint density at radius 2 is 1.82 bits per heavy atom. The van der Waals surface area contributed by atoms with Crippen molar-refractivity contribution in [2.24, 2.45) is 0 Å². The molecule has 0 atom stereocenters. The minimum atomic E-state index is -4.30. The van der Waals surface area contributed by atoms with Crippen LogP contribution < -0.4 is 0 Å². The first kappa shape index (κ1) is 16.9. The third kappa shape index (κ3) is 5.38. The number of carbonyl (C=O) groups is 1. The van der Waals surface area contributed by atoms with Gasteiger partial charge in [-0.2, -0.15) is 13.2 Å². The highest BCUT2D eigenvalue weighted by atomic mass is 32.2. The molecule has 1 amide bonds. The second-order valence-corrected chi connectivity index (χ2v) is 6.15. The highest BCUT2D eigenvalue weighted by Gasteiger charge is 2.28. The molecule has 1 aliphatic heterocycles. The van der Waals surface area contributed by atoms with Gasteiger partial charge in [-0.3, -0.25) is 4.79 Å². The Balaban J connectivity index is 1.91. The maximum Gasteiger partial charge on any atom is 0.446 e. The lowest BCUT2D eigenvalue weighted by Crippen LogP contribution is -2.39. The minimum absolute atomic E-state index is 0.112. The lowest BCUT2D eigenvalue weighted by atomic mass is 10.1. The molecule has 1 fully saturated rings. The predicted octanol–water partition coefficient (Wildman–Crippen LogP) is 3.30. The monoisotopic (exact) mass is 331 g/mol. The maximum atomic E-state index is 12.2. The van der Waals surface area contributed by atoms with Crippen molar-refractivity contribution >= 4 is 23.7 Å². The van der Waals surface area contributed by atoms with E-state index in [4.69, 9.17) is 0 Å². The summed E-state index contributed by atoms with van der Waals surface area (Å²) < 4.78 is 36.6. The summed E-state index contributed by atoms with van der Waals surface area (Å²) in [4.78, 5) is 13.7. The van der Waals surface area contributed by atoms with E-state index in [1.54, 1.807) is 11.0 Å². The zero-order valence-corrected chi connectivity index (χ0v) is 12.5. The van der Waals surface area contributed by atoms with Gasteiger partial charge in [0, 0.05) is 24.1 Å². The zero-order chi connectivity index (χ0) is 16.2. The molecule has 1 saturated heterocycles. The molecule has 1 heterocycles. The number of nitrogens with zero attached hydrogens (tertiary/aromatic N) is 1. The number of aliphatic hydroxyl groups is 1. The first-order valence-electron chi connectivity index (χ1n) is 6.84. The van der Waals surface area contributed by atoms with Crippen molar-refractivity contribution in [3.63, 3.8) is 0 Å². The Kier molecular flexibility index (Phi) is 5.52. The fraction of sp³-hybridized carbons (Fsp3) is 0.400. The van der Waals surface area contributed by atoms with Crippen LogP contribution in [0.4, 0.5) is 13.2 Å². The van der Waals surface area contributed by atoms with Crippen LogP contribution in [-0.4, -0.2) is 40.6 Å². The number of carbonyl (C=O) groups excluding carboxylic acids is 1. The molecule has 1 aromatic rings. The number of rotatable bonds is 3. The summed E-state index contributed by atoms with van der Waals surface area (Å²) in [6.45, 7) is 1.04. The summed E-state index contributed by atoms with van der Waals surface area (Å²) >= 11 is -0.166. The summed E-state index contributed by atoms with van der Waals surface area (Å²) in [6, 6.07) is 5.83. The fourth-order valence-electron chi connectivity index (χ4n) is 2.14. The average molecular weight is 331 g/mol. The third-order valence-electron chi connectivity index (χ3n) is 3.31. The van der Waals surface area contributed by atoms with Gasteiger partial charge < -0.3 is 10.0 Å². The van der Waals surface area contributed by atoms with Gasteiger partial charge in [0.1, 0.15) is 0 Å². The largest absolute Gasteiger partial charge is 0.446 e. The molecule has 2 rings (SSSR count). The van der Waals surface area contributed by atoms with Gasteiger partial charge in [-0.1, -0.05) is 12.1 Å². The number of likely N-dealkylation sites (tertiary alicyclic amines) is 1. The van der Waals surface area contributed by atoms with Gasteiger partial charge in [-0.15, -0.1) is 0 Å². The molecule has 0 saturated carbocycles. The van der Waals surface area contributed by atoms with Crippen LogP contribution >= 0.6 is 11.8 Å². The SMILES string of the molecule is O=C(/C=C/c1ccc(SC(F)(F)F)cc1)N1CCC(O)CC1. The number of thioether (sulfide) groups is 1. The second kappa shape index (κ2) is 7.19. The van der Waals surface area contributed by atoms with E-state index >= 15 is 0 Å². The summed E-state index contributed by atoms with van der Waals surface area (Å²) in [6.07, 6.45) is 3.79. The first-order chi connectivity index (χ1) is 10.3. The Labute approximate surface area is 130 Å². The van der Waals surface area contributed by atoms with Crippen LogP contribution in [0, 0.1) is 0 Å². The van der Waals surface area contributed by atoms with Crippen molar-refractivity contribution in [1.82, 2.24) is 4.90 Å². The topological polar surface area (TPSA) is 40.5 Å². The van der Waals surface area contributed by atoms with E-state index in [1.807, 2.05) is 0 Å². The lowest BCUT2D eigenvalue weighted by molar-refractivity contribution is -0.127. The van der Waals surface area contributed by atoms with E-state index in [0.717, 1.165) is 0 Å². The number of benzene rings is 1. The van der Waals surface area contributed by atoms with Crippen molar-refractivity contribution in [2.45, 2.75) is 29.3 Å². The summed E-state index contributed by atoms with van der Waals surface area (Å²) in [5, 5.41) is 9.39. The molecule has 3 nitrogen and oxygen atoms in total. The van der Waals surface area contributed by atoms with Crippen LogP contribution in [0.1, 0.15) is 18.4 Å². The highest BCUT2D eigenvalue weighted by molar-refractivity contribution is 8.00. The number of piperidine rings is 1. The van der Waals surface area contributed by atoms with Crippen molar-refractivity contribution < 1.29 is 23.1 Å². The quantitative estimate of drug-likeness (QED) is 0.682. The molecule has 0 spiro atoms.